The maximum Gasteiger partial charge on any atom is 0.241 e. The van der Waals surface area contributed by atoms with E-state index in [1.54, 1.807) is 12.1 Å². The lowest BCUT2D eigenvalue weighted by atomic mass is 10.2. The summed E-state index contributed by atoms with van der Waals surface area (Å²) in [6.45, 7) is 3.55. The van der Waals surface area contributed by atoms with E-state index >= 15 is 0 Å². The molecule has 1 N–H and O–H groups in total. The highest BCUT2D eigenvalue weighted by molar-refractivity contribution is 8.14. The molecule has 2 aromatic carbocycles. The van der Waals surface area contributed by atoms with Crippen LogP contribution in [0.3, 0.4) is 0 Å². The van der Waals surface area contributed by atoms with E-state index in [-0.39, 0.29) is 17.2 Å². The Bertz CT molecular complexity index is 920. The van der Waals surface area contributed by atoms with E-state index < -0.39 is 0 Å². The summed E-state index contributed by atoms with van der Waals surface area (Å²) in [5, 5.41) is 8.76. The van der Waals surface area contributed by atoms with E-state index in [2.05, 4.69) is 10.4 Å². The zero-order valence-electron chi connectivity index (χ0n) is 15.9. The molecule has 9 heteroatoms. The van der Waals surface area contributed by atoms with Gasteiger partial charge in [0.2, 0.25) is 11.8 Å². The Morgan fingerprint density at radius 3 is 2.45 bits per heavy atom. The van der Waals surface area contributed by atoms with Crippen molar-refractivity contribution < 1.29 is 19.1 Å². The maximum absolute atomic E-state index is 11.9. The van der Waals surface area contributed by atoms with Crippen molar-refractivity contribution in [1.29, 1.82) is 0 Å². The molecule has 1 aliphatic heterocycles. The van der Waals surface area contributed by atoms with Gasteiger partial charge in [-0.25, -0.2) is 5.01 Å². The number of halogens is 1. The Balaban J connectivity index is 1.55. The number of hydrazone groups is 1. The topological polar surface area (TPSA) is 80.2 Å². The van der Waals surface area contributed by atoms with E-state index in [0.717, 1.165) is 5.56 Å². The molecule has 2 aromatic rings. The number of hydrogen-bond donors (Lipinski definition) is 1. The molecular weight excluding hydrogens is 414 g/mol. The molecule has 0 bridgehead atoms. The van der Waals surface area contributed by atoms with Crippen molar-refractivity contribution in [1.82, 2.24) is 10.3 Å². The summed E-state index contributed by atoms with van der Waals surface area (Å²) < 4.78 is 11.3. The SMILES string of the molecule is CC(=O)NC1=NN(C(C)=O)C(c2ccc(OCCOc3ccccc3Cl)cc2)S1. The number of hydrogen-bond acceptors (Lipinski definition) is 6. The van der Waals surface area contributed by atoms with Crippen molar-refractivity contribution >= 4 is 40.3 Å². The van der Waals surface area contributed by atoms with Gasteiger partial charge in [0.25, 0.3) is 0 Å². The van der Waals surface area contributed by atoms with Gasteiger partial charge in [-0.15, -0.1) is 5.10 Å². The second-order valence-corrected chi connectivity index (χ2v) is 7.59. The van der Waals surface area contributed by atoms with Crippen LogP contribution in [0.5, 0.6) is 11.5 Å². The fraction of sp³-hybridized carbons (Fsp3) is 0.250. The van der Waals surface area contributed by atoms with Crippen LogP contribution in [0.2, 0.25) is 5.02 Å². The Kier molecular flexibility index (Phi) is 7.00. The molecule has 2 amide bonds. The summed E-state index contributed by atoms with van der Waals surface area (Å²) in [5.74, 6) is 0.852. The molecule has 0 saturated carbocycles. The average Bonchev–Trinajstić information content (AvgIpc) is 3.10. The first-order valence-corrected chi connectivity index (χ1v) is 10.1. The average molecular weight is 434 g/mol. The Morgan fingerprint density at radius 2 is 1.79 bits per heavy atom. The zero-order chi connectivity index (χ0) is 20.8. The number of amides is 2. The monoisotopic (exact) mass is 433 g/mol. The first-order valence-electron chi connectivity index (χ1n) is 8.87. The van der Waals surface area contributed by atoms with Gasteiger partial charge >= 0.3 is 0 Å². The fourth-order valence-corrected chi connectivity index (χ4v) is 3.91. The normalized spacial score (nSPS) is 15.6. The standard InChI is InChI=1S/C20H20ClN3O4S/c1-13(25)22-20-23-24(14(2)26)19(29-20)15-7-9-16(10-8-15)27-11-12-28-18-6-4-3-5-17(18)21/h3-10,19H,11-12H2,1-2H3,(H,22,23,25). The van der Waals surface area contributed by atoms with Gasteiger partial charge in [-0.2, -0.15) is 0 Å². The van der Waals surface area contributed by atoms with Gasteiger partial charge in [-0.1, -0.05) is 47.6 Å². The highest BCUT2D eigenvalue weighted by Gasteiger charge is 2.32. The van der Waals surface area contributed by atoms with Gasteiger partial charge in [0.15, 0.2) is 5.17 Å². The van der Waals surface area contributed by atoms with Crippen LogP contribution in [-0.2, 0) is 9.59 Å². The van der Waals surface area contributed by atoms with Gasteiger partial charge < -0.3 is 14.8 Å². The molecule has 0 aliphatic carbocycles. The first kappa shape index (κ1) is 21.0. The number of nitrogens with zero attached hydrogens (tertiary/aromatic N) is 2. The van der Waals surface area contributed by atoms with Crippen molar-refractivity contribution in [2.24, 2.45) is 5.10 Å². The van der Waals surface area contributed by atoms with E-state index in [0.29, 0.717) is 34.9 Å². The Labute approximate surface area is 178 Å². The van der Waals surface area contributed by atoms with Crippen molar-refractivity contribution in [2.45, 2.75) is 19.2 Å². The lowest BCUT2D eigenvalue weighted by molar-refractivity contribution is -0.129. The van der Waals surface area contributed by atoms with Gasteiger partial charge in [0.05, 0.1) is 5.02 Å². The number of benzene rings is 2. The summed E-state index contributed by atoms with van der Waals surface area (Å²) >= 11 is 7.35. The van der Waals surface area contributed by atoms with Crippen LogP contribution in [0.4, 0.5) is 0 Å². The molecule has 0 fully saturated rings. The molecule has 1 atom stereocenters. The fourth-order valence-electron chi connectivity index (χ4n) is 2.58. The lowest BCUT2D eigenvalue weighted by Gasteiger charge is -2.19. The van der Waals surface area contributed by atoms with E-state index in [9.17, 15) is 9.59 Å². The van der Waals surface area contributed by atoms with Crippen LogP contribution in [-0.4, -0.2) is 35.2 Å². The van der Waals surface area contributed by atoms with E-state index in [1.807, 2.05) is 36.4 Å². The van der Waals surface area contributed by atoms with Crippen LogP contribution in [0.1, 0.15) is 24.8 Å². The van der Waals surface area contributed by atoms with E-state index in [4.69, 9.17) is 21.1 Å². The summed E-state index contributed by atoms with van der Waals surface area (Å²) in [4.78, 5) is 23.1. The maximum atomic E-state index is 11.9. The molecule has 3 rings (SSSR count). The quantitative estimate of drug-likeness (QED) is 0.701. The lowest BCUT2D eigenvalue weighted by Crippen LogP contribution is -2.25. The third kappa shape index (κ3) is 5.65. The largest absolute Gasteiger partial charge is 0.490 e. The van der Waals surface area contributed by atoms with E-state index in [1.165, 1.54) is 30.6 Å². The van der Waals surface area contributed by atoms with Crippen molar-refractivity contribution in [3.8, 4) is 11.5 Å². The Hall–Kier alpha value is -2.71. The third-order valence-corrected chi connectivity index (χ3v) is 5.28. The summed E-state index contributed by atoms with van der Waals surface area (Å²) in [5.41, 5.74) is 0.869. The number of amidine groups is 1. The number of rotatable bonds is 6. The highest BCUT2D eigenvalue weighted by Crippen LogP contribution is 2.39. The van der Waals surface area contributed by atoms with Crippen LogP contribution in [0.25, 0.3) is 0 Å². The minimum absolute atomic E-state index is 0.208. The second-order valence-electron chi connectivity index (χ2n) is 6.12. The minimum atomic E-state index is -0.341. The van der Waals surface area contributed by atoms with Gasteiger partial charge in [0, 0.05) is 13.8 Å². The molecule has 1 aliphatic rings. The second kappa shape index (κ2) is 9.67. The van der Waals surface area contributed by atoms with Crippen LogP contribution < -0.4 is 14.8 Å². The minimum Gasteiger partial charge on any atom is -0.490 e. The molecule has 1 heterocycles. The molecule has 152 valence electrons. The van der Waals surface area contributed by atoms with Crippen molar-refractivity contribution in [3.05, 3.63) is 59.1 Å². The molecule has 1 unspecified atom stereocenters. The molecule has 7 nitrogen and oxygen atoms in total. The number of thioether (sulfide) groups is 1. The summed E-state index contributed by atoms with van der Waals surface area (Å²) in [6.07, 6.45) is 0. The molecule has 0 spiro atoms. The molecule has 0 aromatic heterocycles. The summed E-state index contributed by atoms with van der Waals surface area (Å²) in [6, 6.07) is 14.6. The van der Waals surface area contributed by atoms with Gasteiger partial charge in [-0.3, -0.25) is 9.59 Å². The van der Waals surface area contributed by atoms with Crippen LogP contribution in [0, 0.1) is 0 Å². The predicted molar refractivity (Wildman–Crippen MR) is 113 cm³/mol. The van der Waals surface area contributed by atoms with Gasteiger partial charge in [0.1, 0.15) is 30.1 Å². The number of nitrogens with one attached hydrogen (secondary N) is 1. The molecule has 29 heavy (non-hydrogen) atoms. The van der Waals surface area contributed by atoms with Crippen molar-refractivity contribution in [3.63, 3.8) is 0 Å². The number of carbonyl (C=O) groups excluding carboxylic acids is 2. The molecule has 0 radical (unpaired) electrons. The smallest absolute Gasteiger partial charge is 0.241 e. The first-order chi connectivity index (χ1) is 13.9. The predicted octanol–water partition coefficient (Wildman–Crippen LogP) is 3.80. The number of para-hydroxylation sites is 1. The summed E-state index contributed by atoms with van der Waals surface area (Å²) in [7, 11) is 0. The van der Waals surface area contributed by atoms with Crippen LogP contribution >= 0.6 is 23.4 Å². The Morgan fingerprint density at radius 1 is 1.10 bits per heavy atom. The number of ether oxygens (including phenoxy) is 2. The molecular formula is C20H20ClN3O4S. The molecule has 0 saturated heterocycles. The third-order valence-electron chi connectivity index (χ3n) is 3.86. The van der Waals surface area contributed by atoms with Crippen LogP contribution in [0.15, 0.2) is 53.6 Å². The van der Waals surface area contributed by atoms with Crippen molar-refractivity contribution in [2.75, 3.05) is 13.2 Å². The van der Waals surface area contributed by atoms with Gasteiger partial charge in [-0.05, 0) is 29.8 Å². The number of carbonyl (C=O) groups is 2. The highest BCUT2D eigenvalue weighted by atomic mass is 35.5. The zero-order valence-corrected chi connectivity index (χ0v) is 17.5.